The van der Waals surface area contributed by atoms with Gasteiger partial charge >= 0.3 is 0 Å². The number of benzene rings is 1. The summed E-state index contributed by atoms with van der Waals surface area (Å²) in [6, 6.07) is 9.70. The minimum Gasteiger partial charge on any atom is -0.348 e. The summed E-state index contributed by atoms with van der Waals surface area (Å²) in [6.07, 6.45) is 8.25. The molecule has 1 atom stereocenters. The van der Waals surface area contributed by atoms with Crippen LogP contribution in [0.1, 0.15) is 18.5 Å². The first-order valence-corrected chi connectivity index (χ1v) is 5.53. The molecule has 2 heteroatoms. The Kier molecular flexibility index (Phi) is 5.52. The van der Waals surface area contributed by atoms with Crippen LogP contribution in [0.15, 0.2) is 66.8 Å². The van der Waals surface area contributed by atoms with Gasteiger partial charge in [0.1, 0.15) is 0 Å². The average molecular weight is 227 g/mol. The lowest BCUT2D eigenvalue weighted by molar-refractivity contribution is -0.110. The Morgan fingerprint density at radius 3 is 2.59 bits per heavy atom. The number of amides is 1. The second kappa shape index (κ2) is 7.23. The van der Waals surface area contributed by atoms with Gasteiger partial charge in [0.05, 0.1) is 6.04 Å². The number of carbonyl (C=O) groups excluding carboxylic acids is 1. The normalized spacial score (nSPS) is 13.4. The molecule has 1 N–H and O–H groups in total. The maximum atomic E-state index is 10.7. The number of allylic oxidation sites excluding steroid dienone is 3. The molecule has 1 aromatic carbocycles. The molecule has 0 spiro atoms. The lowest BCUT2D eigenvalue weighted by Crippen LogP contribution is -2.20. The van der Waals surface area contributed by atoms with Gasteiger partial charge < -0.3 is 5.32 Å². The summed E-state index contributed by atoms with van der Waals surface area (Å²) in [6.45, 7) is 5.64. The van der Waals surface area contributed by atoms with E-state index >= 15 is 0 Å². The Morgan fingerprint density at radius 2 is 2.06 bits per heavy atom. The number of hydrogen-bond acceptors (Lipinski definition) is 1. The Hall–Kier alpha value is -2.09. The zero-order chi connectivity index (χ0) is 12.5. The van der Waals surface area contributed by atoms with E-state index in [9.17, 15) is 4.79 Å². The van der Waals surface area contributed by atoms with Crippen LogP contribution in [0, 0.1) is 0 Å². The van der Waals surface area contributed by atoms with Crippen LogP contribution >= 0.6 is 0 Å². The van der Waals surface area contributed by atoms with Gasteiger partial charge in [0.25, 0.3) is 0 Å². The first-order valence-electron chi connectivity index (χ1n) is 5.53. The zero-order valence-corrected chi connectivity index (χ0v) is 9.97. The first-order chi connectivity index (χ1) is 8.33. The molecular formula is C15H17NO. The third kappa shape index (κ3) is 3.76. The lowest BCUT2D eigenvalue weighted by Gasteiger charge is -2.17. The van der Waals surface area contributed by atoms with Crippen molar-refractivity contribution in [3.63, 3.8) is 0 Å². The van der Waals surface area contributed by atoms with E-state index in [-0.39, 0.29) is 6.04 Å². The highest BCUT2D eigenvalue weighted by atomic mass is 16.1. The standard InChI is InChI=1S/C15H17NO/c1-3-8-13(9-4-2)15(16-12-17)14-10-6-5-7-11-14/h3-12,15H,1H2,2H3,(H,16,17)/b9-4-,13-8+. The van der Waals surface area contributed by atoms with Gasteiger partial charge in [-0.15, -0.1) is 0 Å². The molecule has 1 rings (SSSR count). The first kappa shape index (κ1) is 13.0. The molecule has 1 amide bonds. The second-order valence-electron chi connectivity index (χ2n) is 3.53. The fourth-order valence-corrected chi connectivity index (χ4v) is 1.67. The van der Waals surface area contributed by atoms with Crippen molar-refractivity contribution < 1.29 is 4.79 Å². The maximum Gasteiger partial charge on any atom is 0.207 e. The van der Waals surface area contributed by atoms with Crippen LogP contribution in [0.25, 0.3) is 0 Å². The zero-order valence-electron chi connectivity index (χ0n) is 9.97. The predicted molar refractivity (Wildman–Crippen MR) is 71.5 cm³/mol. The average Bonchev–Trinajstić information content (AvgIpc) is 2.37. The fourth-order valence-electron chi connectivity index (χ4n) is 1.67. The molecule has 0 saturated carbocycles. The Labute approximate surface area is 102 Å². The predicted octanol–water partition coefficient (Wildman–Crippen LogP) is 3.16. The van der Waals surface area contributed by atoms with Crippen LogP contribution in [-0.2, 0) is 4.79 Å². The van der Waals surface area contributed by atoms with E-state index in [2.05, 4.69) is 11.9 Å². The minimum atomic E-state index is -0.136. The van der Waals surface area contributed by atoms with Crippen LogP contribution in [0.5, 0.6) is 0 Å². The van der Waals surface area contributed by atoms with Crippen molar-refractivity contribution in [3.8, 4) is 0 Å². The van der Waals surface area contributed by atoms with Gasteiger partial charge in [-0.3, -0.25) is 4.79 Å². The summed E-state index contributed by atoms with van der Waals surface area (Å²) < 4.78 is 0. The van der Waals surface area contributed by atoms with Gasteiger partial charge in [-0.2, -0.15) is 0 Å². The van der Waals surface area contributed by atoms with Crippen molar-refractivity contribution in [3.05, 3.63) is 72.4 Å². The molecule has 2 nitrogen and oxygen atoms in total. The minimum absolute atomic E-state index is 0.136. The fraction of sp³-hybridized carbons (Fsp3) is 0.133. The molecule has 0 aliphatic heterocycles. The SMILES string of the molecule is C=C/C=C(\C=C/C)C(NC=O)c1ccccc1. The van der Waals surface area contributed by atoms with E-state index in [0.29, 0.717) is 0 Å². The Bertz CT molecular complexity index is 418. The Morgan fingerprint density at radius 1 is 1.35 bits per heavy atom. The second-order valence-corrected chi connectivity index (χ2v) is 3.53. The van der Waals surface area contributed by atoms with Gasteiger partial charge in [0, 0.05) is 0 Å². The van der Waals surface area contributed by atoms with E-state index in [1.54, 1.807) is 6.08 Å². The third-order valence-corrected chi connectivity index (χ3v) is 2.37. The number of rotatable bonds is 6. The number of nitrogens with one attached hydrogen (secondary N) is 1. The molecule has 0 fully saturated rings. The van der Waals surface area contributed by atoms with Crippen LogP contribution in [0.2, 0.25) is 0 Å². The van der Waals surface area contributed by atoms with Crippen molar-refractivity contribution in [2.24, 2.45) is 0 Å². The molecule has 0 radical (unpaired) electrons. The molecule has 0 aliphatic rings. The molecule has 88 valence electrons. The smallest absolute Gasteiger partial charge is 0.207 e. The molecule has 1 unspecified atom stereocenters. The third-order valence-electron chi connectivity index (χ3n) is 2.37. The molecule has 17 heavy (non-hydrogen) atoms. The molecular weight excluding hydrogens is 210 g/mol. The van der Waals surface area contributed by atoms with Crippen LogP contribution in [-0.4, -0.2) is 6.41 Å². The van der Waals surface area contributed by atoms with Crippen LogP contribution < -0.4 is 5.32 Å². The van der Waals surface area contributed by atoms with Crippen molar-refractivity contribution in [1.82, 2.24) is 5.32 Å². The van der Waals surface area contributed by atoms with Crippen LogP contribution in [0.3, 0.4) is 0 Å². The van der Waals surface area contributed by atoms with Crippen molar-refractivity contribution >= 4 is 6.41 Å². The maximum absolute atomic E-state index is 10.7. The Balaban J connectivity index is 3.11. The van der Waals surface area contributed by atoms with Gasteiger partial charge in [-0.25, -0.2) is 0 Å². The topological polar surface area (TPSA) is 29.1 Å². The van der Waals surface area contributed by atoms with Gasteiger partial charge in [0.15, 0.2) is 0 Å². The summed E-state index contributed by atoms with van der Waals surface area (Å²) in [5.74, 6) is 0. The quantitative estimate of drug-likeness (QED) is 0.587. The van der Waals surface area contributed by atoms with E-state index < -0.39 is 0 Å². The van der Waals surface area contributed by atoms with E-state index in [0.717, 1.165) is 17.5 Å². The molecule has 0 bridgehead atoms. The monoisotopic (exact) mass is 227 g/mol. The van der Waals surface area contributed by atoms with E-state index in [4.69, 9.17) is 0 Å². The number of hydrogen-bond donors (Lipinski definition) is 1. The molecule has 0 aliphatic carbocycles. The summed E-state index contributed by atoms with van der Waals surface area (Å²) >= 11 is 0. The van der Waals surface area contributed by atoms with Crippen molar-refractivity contribution in [2.45, 2.75) is 13.0 Å². The molecule has 1 aromatic rings. The van der Waals surface area contributed by atoms with E-state index in [1.165, 1.54) is 0 Å². The van der Waals surface area contributed by atoms with E-state index in [1.807, 2.05) is 55.5 Å². The molecule has 0 heterocycles. The van der Waals surface area contributed by atoms with Crippen LogP contribution in [0.4, 0.5) is 0 Å². The highest BCUT2D eigenvalue weighted by Gasteiger charge is 2.12. The van der Waals surface area contributed by atoms with Gasteiger partial charge in [-0.05, 0) is 18.1 Å². The summed E-state index contributed by atoms with van der Waals surface area (Å²) in [5.41, 5.74) is 2.05. The van der Waals surface area contributed by atoms with Gasteiger partial charge in [0.2, 0.25) is 6.41 Å². The molecule has 0 saturated heterocycles. The number of carbonyl (C=O) groups is 1. The highest BCUT2D eigenvalue weighted by molar-refractivity contribution is 5.51. The van der Waals surface area contributed by atoms with Crippen molar-refractivity contribution in [2.75, 3.05) is 0 Å². The largest absolute Gasteiger partial charge is 0.348 e. The van der Waals surface area contributed by atoms with Crippen molar-refractivity contribution in [1.29, 1.82) is 0 Å². The lowest BCUT2D eigenvalue weighted by atomic mass is 9.98. The van der Waals surface area contributed by atoms with Gasteiger partial charge in [-0.1, -0.05) is 61.2 Å². The summed E-state index contributed by atoms with van der Waals surface area (Å²) in [4.78, 5) is 10.7. The summed E-state index contributed by atoms with van der Waals surface area (Å²) in [7, 11) is 0. The highest BCUT2D eigenvalue weighted by Crippen LogP contribution is 2.22. The summed E-state index contributed by atoms with van der Waals surface area (Å²) in [5, 5.41) is 2.82. The molecule has 0 aromatic heterocycles.